The summed E-state index contributed by atoms with van der Waals surface area (Å²) in [5.74, 6) is 0.360. The lowest BCUT2D eigenvalue weighted by molar-refractivity contribution is 0.0872. The molecule has 0 amide bonds. The van der Waals surface area contributed by atoms with Crippen molar-refractivity contribution >= 4 is 23.1 Å². The number of thiocarbonyl (C=S) groups is 1. The van der Waals surface area contributed by atoms with E-state index in [2.05, 4.69) is 10.2 Å². The molecule has 0 radical (unpaired) electrons. The second-order valence-electron chi connectivity index (χ2n) is 5.40. The predicted octanol–water partition coefficient (Wildman–Crippen LogP) is 1.81. The second-order valence-corrected chi connectivity index (χ2v) is 5.78. The summed E-state index contributed by atoms with van der Waals surface area (Å²) >= 11 is 5.35. The lowest BCUT2D eigenvalue weighted by Gasteiger charge is -2.33. The number of ketones is 1. The standard InChI is InChI=1S/C16H22N2O3S/c1-21-11-8-17-16(22)18-9-6-13(7-10-18)15(20)12-2-4-14(19)5-3-12/h2-5,13,19H,6-11H2,1H3,(H,17,22). The molecular formula is C16H22N2O3S. The monoisotopic (exact) mass is 322 g/mol. The topological polar surface area (TPSA) is 61.8 Å². The van der Waals surface area contributed by atoms with Crippen molar-refractivity contribution in [1.82, 2.24) is 10.2 Å². The molecule has 0 spiro atoms. The fraction of sp³-hybridized carbons (Fsp3) is 0.500. The normalized spacial score (nSPS) is 15.6. The van der Waals surface area contributed by atoms with Gasteiger partial charge in [-0.05, 0) is 49.3 Å². The summed E-state index contributed by atoms with van der Waals surface area (Å²) in [7, 11) is 1.66. The molecule has 1 heterocycles. The number of aromatic hydroxyl groups is 1. The minimum Gasteiger partial charge on any atom is -0.508 e. The number of nitrogens with zero attached hydrogens (tertiary/aromatic N) is 1. The van der Waals surface area contributed by atoms with Gasteiger partial charge in [-0.3, -0.25) is 4.79 Å². The first-order valence-corrected chi connectivity index (χ1v) is 7.87. The summed E-state index contributed by atoms with van der Waals surface area (Å²) in [5.41, 5.74) is 0.664. The molecule has 22 heavy (non-hydrogen) atoms. The highest BCUT2D eigenvalue weighted by molar-refractivity contribution is 7.80. The van der Waals surface area contributed by atoms with Gasteiger partial charge in [0, 0.05) is 38.2 Å². The van der Waals surface area contributed by atoms with E-state index in [0.717, 1.165) is 31.0 Å². The van der Waals surface area contributed by atoms with Crippen LogP contribution in [-0.2, 0) is 4.74 Å². The van der Waals surface area contributed by atoms with Crippen LogP contribution in [-0.4, -0.2) is 54.3 Å². The molecule has 1 aliphatic rings. The third-order valence-corrected chi connectivity index (χ3v) is 4.29. The van der Waals surface area contributed by atoms with Gasteiger partial charge in [-0.25, -0.2) is 0 Å². The molecule has 1 aliphatic heterocycles. The molecular weight excluding hydrogens is 300 g/mol. The molecule has 1 fully saturated rings. The number of piperidine rings is 1. The molecule has 5 nitrogen and oxygen atoms in total. The molecule has 0 atom stereocenters. The predicted molar refractivity (Wildman–Crippen MR) is 89.2 cm³/mol. The zero-order valence-corrected chi connectivity index (χ0v) is 13.6. The minimum atomic E-state index is 0.0302. The molecule has 0 saturated carbocycles. The van der Waals surface area contributed by atoms with E-state index in [9.17, 15) is 9.90 Å². The molecule has 1 saturated heterocycles. The minimum absolute atomic E-state index is 0.0302. The maximum absolute atomic E-state index is 12.4. The van der Waals surface area contributed by atoms with Crippen molar-refractivity contribution in [1.29, 1.82) is 0 Å². The molecule has 0 aliphatic carbocycles. The smallest absolute Gasteiger partial charge is 0.169 e. The van der Waals surface area contributed by atoms with Crippen LogP contribution in [0.3, 0.4) is 0 Å². The number of hydrogen-bond donors (Lipinski definition) is 2. The second kappa shape index (κ2) is 8.10. The van der Waals surface area contributed by atoms with Gasteiger partial charge >= 0.3 is 0 Å². The SMILES string of the molecule is COCCNC(=S)N1CCC(C(=O)c2ccc(O)cc2)CC1. The van der Waals surface area contributed by atoms with E-state index in [0.29, 0.717) is 18.7 Å². The van der Waals surface area contributed by atoms with E-state index in [4.69, 9.17) is 17.0 Å². The number of Topliss-reactive ketones (excluding diaryl/α,β-unsaturated/α-hetero) is 1. The summed E-state index contributed by atoms with van der Waals surface area (Å²) < 4.78 is 4.98. The largest absolute Gasteiger partial charge is 0.508 e. The number of likely N-dealkylation sites (tertiary alicyclic amines) is 1. The number of rotatable bonds is 5. The molecule has 1 aromatic rings. The summed E-state index contributed by atoms with van der Waals surface area (Å²) in [6.45, 7) is 2.89. The maximum Gasteiger partial charge on any atom is 0.169 e. The van der Waals surface area contributed by atoms with E-state index < -0.39 is 0 Å². The van der Waals surface area contributed by atoms with E-state index in [1.54, 1.807) is 31.4 Å². The third-order valence-electron chi connectivity index (χ3n) is 3.89. The quantitative estimate of drug-likeness (QED) is 0.490. The Morgan fingerprint density at radius 1 is 1.36 bits per heavy atom. The van der Waals surface area contributed by atoms with Crippen LogP contribution in [0.4, 0.5) is 0 Å². The fourth-order valence-electron chi connectivity index (χ4n) is 2.58. The van der Waals surface area contributed by atoms with Crippen molar-refractivity contribution in [3.8, 4) is 5.75 Å². The Kier molecular flexibility index (Phi) is 6.15. The molecule has 0 bridgehead atoms. The van der Waals surface area contributed by atoms with Crippen LogP contribution in [0.5, 0.6) is 5.75 Å². The molecule has 0 unspecified atom stereocenters. The van der Waals surface area contributed by atoms with Gasteiger partial charge in [-0.1, -0.05) is 0 Å². The highest BCUT2D eigenvalue weighted by Crippen LogP contribution is 2.22. The van der Waals surface area contributed by atoms with Crippen molar-refractivity contribution in [3.05, 3.63) is 29.8 Å². The van der Waals surface area contributed by atoms with Crippen LogP contribution in [0.2, 0.25) is 0 Å². The van der Waals surface area contributed by atoms with Gasteiger partial charge in [0.25, 0.3) is 0 Å². The fourth-order valence-corrected chi connectivity index (χ4v) is 2.86. The number of carbonyl (C=O) groups excluding carboxylic acids is 1. The highest BCUT2D eigenvalue weighted by atomic mass is 32.1. The molecule has 2 N–H and O–H groups in total. The maximum atomic E-state index is 12.4. The van der Waals surface area contributed by atoms with E-state index in [1.165, 1.54) is 0 Å². The van der Waals surface area contributed by atoms with Gasteiger partial charge < -0.3 is 20.1 Å². The van der Waals surface area contributed by atoms with E-state index in [1.807, 2.05) is 0 Å². The third kappa shape index (κ3) is 4.42. The molecule has 1 aromatic carbocycles. The number of benzene rings is 1. The Morgan fingerprint density at radius 2 is 2.00 bits per heavy atom. The number of ether oxygens (including phenoxy) is 1. The van der Waals surface area contributed by atoms with Crippen LogP contribution in [0.15, 0.2) is 24.3 Å². The van der Waals surface area contributed by atoms with Crippen molar-refractivity contribution in [2.75, 3.05) is 33.4 Å². The number of hydrogen-bond acceptors (Lipinski definition) is 4. The van der Waals surface area contributed by atoms with Gasteiger partial charge in [0.1, 0.15) is 5.75 Å². The first-order valence-electron chi connectivity index (χ1n) is 7.46. The van der Waals surface area contributed by atoms with E-state index >= 15 is 0 Å². The summed E-state index contributed by atoms with van der Waals surface area (Å²) in [6.07, 6.45) is 1.59. The van der Waals surface area contributed by atoms with Gasteiger partial charge in [0.05, 0.1) is 6.61 Å². The van der Waals surface area contributed by atoms with Crippen LogP contribution in [0, 0.1) is 5.92 Å². The summed E-state index contributed by atoms with van der Waals surface area (Å²) in [6, 6.07) is 6.47. The Bertz CT molecular complexity index is 511. The first kappa shape index (κ1) is 16.7. The van der Waals surface area contributed by atoms with Gasteiger partial charge in [-0.15, -0.1) is 0 Å². The Labute approximate surface area is 136 Å². The number of phenolic OH excluding ortho intramolecular Hbond substituents is 1. The van der Waals surface area contributed by atoms with Crippen LogP contribution in [0.25, 0.3) is 0 Å². The molecule has 2 rings (SSSR count). The Morgan fingerprint density at radius 3 is 2.59 bits per heavy atom. The van der Waals surface area contributed by atoms with Crippen molar-refractivity contribution in [2.24, 2.45) is 5.92 Å². The summed E-state index contributed by atoms with van der Waals surface area (Å²) in [5, 5.41) is 13.2. The number of phenols is 1. The summed E-state index contributed by atoms with van der Waals surface area (Å²) in [4.78, 5) is 14.5. The number of methoxy groups -OCH3 is 1. The molecule has 120 valence electrons. The zero-order valence-electron chi connectivity index (χ0n) is 12.7. The van der Waals surface area contributed by atoms with Crippen molar-refractivity contribution < 1.29 is 14.6 Å². The molecule has 0 aromatic heterocycles. The van der Waals surface area contributed by atoms with Gasteiger partial charge in [-0.2, -0.15) is 0 Å². The number of carbonyl (C=O) groups is 1. The lowest BCUT2D eigenvalue weighted by Crippen LogP contribution is -2.46. The Hall–Kier alpha value is -1.66. The average molecular weight is 322 g/mol. The zero-order chi connectivity index (χ0) is 15.9. The average Bonchev–Trinajstić information content (AvgIpc) is 2.55. The highest BCUT2D eigenvalue weighted by Gasteiger charge is 2.26. The van der Waals surface area contributed by atoms with Crippen LogP contribution >= 0.6 is 12.2 Å². The van der Waals surface area contributed by atoms with Crippen molar-refractivity contribution in [3.63, 3.8) is 0 Å². The lowest BCUT2D eigenvalue weighted by atomic mass is 9.89. The van der Waals surface area contributed by atoms with Crippen LogP contribution < -0.4 is 5.32 Å². The van der Waals surface area contributed by atoms with Crippen LogP contribution in [0.1, 0.15) is 23.2 Å². The van der Waals surface area contributed by atoms with Gasteiger partial charge in [0.2, 0.25) is 0 Å². The number of nitrogens with one attached hydrogen (secondary N) is 1. The van der Waals surface area contributed by atoms with E-state index in [-0.39, 0.29) is 17.5 Å². The Balaban J connectivity index is 1.82. The van der Waals surface area contributed by atoms with Gasteiger partial charge in [0.15, 0.2) is 10.9 Å². The van der Waals surface area contributed by atoms with Crippen molar-refractivity contribution in [2.45, 2.75) is 12.8 Å². The first-order chi connectivity index (χ1) is 10.6. The molecule has 6 heteroatoms.